The highest BCUT2D eigenvalue weighted by molar-refractivity contribution is 7.15. The number of likely N-dealkylation sites (tertiary alicyclic amines) is 1. The van der Waals surface area contributed by atoms with E-state index in [0.717, 1.165) is 61.3 Å². The van der Waals surface area contributed by atoms with Crippen molar-refractivity contribution in [3.05, 3.63) is 40.7 Å². The van der Waals surface area contributed by atoms with E-state index in [1.165, 1.54) is 18.6 Å². The zero-order valence-corrected chi connectivity index (χ0v) is 17.7. The van der Waals surface area contributed by atoms with Gasteiger partial charge < -0.3 is 9.80 Å². The Kier molecular flexibility index (Phi) is 6.40. The Balaban J connectivity index is 1.27. The number of piperidine rings is 1. The molecule has 1 unspecified atom stereocenters. The van der Waals surface area contributed by atoms with Crippen LogP contribution in [0.4, 0.5) is 9.52 Å². The summed E-state index contributed by atoms with van der Waals surface area (Å²) in [6.07, 6.45) is 4.15. The minimum atomic E-state index is -0.224. The predicted octanol–water partition coefficient (Wildman–Crippen LogP) is 2.79. The molecule has 0 aliphatic carbocycles. The van der Waals surface area contributed by atoms with Crippen molar-refractivity contribution in [2.45, 2.75) is 38.6 Å². The Bertz CT molecular complexity index is 819. The Morgan fingerprint density at radius 1 is 1.10 bits per heavy atom. The monoisotopic (exact) mass is 417 g/mol. The van der Waals surface area contributed by atoms with Crippen LogP contribution in [0.3, 0.4) is 0 Å². The number of rotatable bonds is 5. The molecule has 0 saturated carbocycles. The van der Waals surface area contributed by atoms with Crippen LogP contribution in [-0.4, -0.2) is 71.2 Å². The van der Waals surface area contributed by atoms with Gasteiger partial charge in [0.2, 0.25) is 11.0 Å². The first-order valence-electron chi connectivity index (χ1n) is 10.4. The van der Waals surface area contributed by atoms with Crippen LogP contribution in [0.1, 0.15) is 36.8 Å². The summed E-state index contributed by atoms with van der Waals surface area (Å²) < 4.78 is 13.0. The van der Waals surface area contributed by atoms with E-state index >= 15 is 0 Å². The number of piperazine rings is 1. The quantitative estimate of drug-likeness (QED) is 0.749. The molecule has 0 N–H and O–H groups in total. The predicted molar refractivity (Wildman–Crippen MR) is 113 cm³/mol. The molecule has 3 heterocycles. The van der Waals surface area contributed by atoms with Gasteiger partial charge in [-0.1, -0.05) is 23.5 Å². The lowest BCUT2D eigenvalue weighted by Crippen LogP contribution is -2.52. The van der Waals surface area contributed by atoms with Crippen molar-refractivity contribution in [2.24, 2.45) is 0 Å². The van der Waals surface area contributed by atoms with Crippen LogP contribution < -0.4 is 4.90 Å². The maximum Gasteiger partial charge on any atom is 0.236 e. The molecule has 2 saturated heterocycles. The average molecular weight is 418 g/mol. The summed E-state index contributed by atoms with van der Waals surface area (Å²) >= 11 is 1.59. The Morgan fingerprint density at radius 3 is 2.59 bits per heavy atom. The van der Waals surface area contributed by atoms with Gasteiger partial charge >= 0.3 is 0 Å². The van der Waals surface area contributed by atoms with E-state index in [1.54, 1.807) is 23.5 Å². The number of carbonyl (C=O) groups is 1. The van der Waals surface area contributed by atoms with E-state index in [2.05, 4.69) is 31.8 Å². The van der Waals surface area contributed by atoms with Gasteiger partial charge in [0.05, 0.1) is 6.54 Å². The van der Waals surface area contributed by atoms with Crippen LogP contribution in [0.2, 0.25) is 0 Å². The van der Waals surface area contributed by atoms with E-state index in [0.29, 0.717) is 19.0 Å². The number of amides is 1. The number of aromatic nitrogens is 2. The maximum absolute atomic E-state index is 13.0. The summed E-state index contributed by atoms with van der Waals surface area (Å²) in [6.45, 7) is 7.02. The van der Waals surface area contributed by atoms with Crippen molar-refractivity contribution in [1.29, 1.82) is 0 Å². The summed E-state index contributed by atoms with van der Waals surface area (Å²) in [5.74, 6) is 0.0425. The molecule has 156 valence electrons. The normalized spacial score (nSPS) is 20.8. The highest BCUT2D eigenvalue weighted by Gasteiger charge is 2.27. The first kappa shape index (κ1) is 20.2. The SMILES string of the molecule is CC1CCCCN1C(=O)CN1CCN(c2nnc(Cc3ccc(F)cc3)s2)CC1. The fourth-order valence-electron chi connectivity index (χ4n) is 4.07. The molecule has 2 aliphatic heterocycles. The van der Waals surface area contributed by atoms with Crippen LogP contribution in [0.5, 0.6) is 0 Å². The Hall–Kier alpha value is -2.06. The number of anilines is 1. The summed E-state index contributed by atoms with van der Waals surface area (Å²) in [5, 5.41) is 10.5. The van der Waals surface area contributed by atoms with Gasteiger partial charge in [-0.05, 0) is 43.9 Å². The molecule has 29 heavy (non-hydrogen) atoms. The van der Waals surface area contributed by atoms with Crippen molar-refractivity contribution < 1.29 is 9.18 Å². The molecule has 6 nitrogen and oxygen atoms in total. The lowest BCUT2D eigenvalue weighted by molar-refractivity contribution is -0.135. The van der Waals surface area contributed by atoms with Crippen molar-refractivity contribution in [3.8, 4) is 0 Å². The molecule has 1 atom stereocenters. The number of hydrogen-bond donors (Lipinski definition) is 0. The van der Waals surface area contributed by atoms with Crippen molar-refractivity contribution in [3.63, 3.8) is 0 Å². The van der Waals surface area contributed by atoms with Gasteiger partial charge in [0.1, 0.15) is 10.8 Å². The zero-order chi connectivity index (χ0) is 20.2. The highest BCUT2D eigenvalue weighted by atomic mass is 32.1. The number of halogens is 1. The van der Waals surface area contributed by atoms with E-state index in [9.17, 15) is 9.18 Å². The average Bonchev–Trinajstić information content (AvgIpc) is 3.19. The van der Waals surface area contributed by atoms with Gasteiger partial charge in [0.15, 0.2) is 0 Å². The van der Waals surface area contributed by atoms with E-state index < -0.39 is 0 Å². The smallest absolute Gasteiger partial charge is 0.236 e. The molecule has 0 spiro atoms. The molecule has 0 bridgehead atoms. The molecule has 1 amide bonds. The number of benzene rings is 1. The third-order valence-electron chi connectivity index (χ3n) is 5.85. The fourth-order valence-corrected chi connectivity index (χ4v) is 4.99. The van der Waals surface area contributed by atoms with Crippen molar-refractivity contribution in [2.75, 3.05) is 44.2 Å². The second-order valence-corrected chi connectivity index (χ2v) is 9.02. The molecule has 2 aromatic rings. The van der Waals surface area contributed by atoms with Gasteiger partial charge in [0.25, 0.3) is 0 Å². The summed E-state index contributed by atoms with van der Waals surface area (Å²) in [4.78, 5) is 19.2. The standard InChI is InChI=1S/C21H28FN5OS/c1-16-4-2-3-9-27(16)20(28)15-25-10-12-26(13-11-25)21-24-23-19(29-21)14-17-5-7-18(22)8-6-17/h5-8,16H,2-4,9-15H2,1H3. The van der Waals surface area contributed by atoms with Crippen molar-refractivity contribution >= 4 is 22.4 Å². The van der Waals surface area contributed by atoms with Gasteiger partial charge in [0, 0.05) is 45.2 Å². The first-order chi connectivity index (χ1) is 14.1. The lowest BCUT2D eigenvalue weighted by Gasteiger charge is -2.37. The van der Waals surface area contributed by atoms with Crippen LogP contribution in [0.25, 0.3) is 0 Å². The number of carbonyl (C=O) groups excluding carboxylic acids is 1. The zero-order valence-electron chi connectivity index (χ0n) is 16.9. The van der Waals surface area contributed by atoms with Gasteiger partial charge in [-0.3, -0.25) is 9.69 Å². The van der Waals surface area contributed by atoms with Crippen LogP contribution in [0.15, 0.2) is 24.3 Å². The Labute approximate surface area is 175 Å². The van der Waals surface area contributed by atoms with Gasteiger partial charge in [-0.25, -0.2) is 4.39 Å². The highest BCUT2D eigenvalue weighted by Crippen LogP contribution is 2.24. The topological polar surface area (TPSA) is 52.6 Å². The molecule has 0 radical (unpaired) electrons. The molecular weight excluding hydrogens is 389 g/mol. The van der Waals surface area contributed by atoms with Crippen molar-refractivity contribution in [1.82, 2.24) is 20.0 Å². The largest absolute Gasteiger partial charge is 0.344 e. The van der Waals surface area contributed by atoms with E-state index in [1.807, 2.05) is 0 Å². The Morgan fingerprint density at radius 2 is 1.86 bits per heavy atom. The molecule has 4 rings (SSSR count). The van der Waals surface area contributed by atoms with Crippen LogP contribution in [0, 0.1) is 5.82 Å². The molecular formula is C21H28FN5OS. The lowest BCUT2D eigenvalue weighted by atomic mass is 10.0. The van der Waals surface area contributed by atoms with E-state index in [-0.39, 0.29) is 11.7 Å². The molecule has 8 heteroatoms. The summed E-state index contributed by atoms with van der Waals surface area (Å²) in [7, 11) is 0. The minimum Gasteiger partial charge on any atom is -0.344 e. The van der Waals surface area contributed by atoms with Gasteiger partial charge in [-0.15, -0.1) is 10.2 Å². The minimum absolute atomic E-state index is 0.224. The summed E-state index contributed by atoms with van der Waals surface area (Å²) in [5.41, 5.74) is 1.03. The second-order valence-electron chi connectivity index (χ2n) is 7.98. The molecule has 2 aliphatic rings. The van der Waals surface area contributed by atoms with E-state index in [4.69, 9.17) is 0 Å². The number of hydrogen-bond acceptors (Lipinski definition) is 6. The molecule has 1 aromatic carbocycles. The van der Waals surface area contributed by atoms with Crippen LogP contribution in [-0.2, 0) is 11.2 Å². The maximum atomic E-state index is 13.0. The second kappa shape index (κ2) is 9.17. The molecule has 1 aromatic heterocycles. The summed E-state index contributed by atoms with van der Waals surface area (Å²) in [6, 6.07) is 6.90. The van der Waals surface area contributed by atoms with Crippen LogP contribution >= 0.6 is 11.3 Å². The first-order valence-corrected chi connectivity index (χ1v) is 11.2. The fraction of sp³-hybridized carbons (Fsp3) is 0.571. The molecule has 2 fully saturated rings. The third-order valence-corrected chi connectivity index (χ3v) is 6.83. The van der Waals surface area contributed by atoms with Gasteiger partial charge in [-0.2, -0.15) is 0 Å². The number of nitrogens with zero attached hydrogens (tertiary/aromatic N) is 5. The third kappa shape index (κ3) is 5.11.